The highest BCUT2D eigenvalue weighted by Gasteiger charge is 2.03. The highest BCUT2D eigenvalue weighted by atomic mass is 16.1. The molecule has 2 aromatic carbocycles. The van der Waals surface area contributed by atoms with Crippen LogP contribution in [0.15, 0.2) is 54.6 Å². The lowest BCUT2D eigenvalue weighted by molar-refractivity contribution is 0.0953. The van der Waals surface area contributed by atoms with Crippen molar-refractivity contribution < 1.29 is 4.79 Å². The van der Waals surface area contributed by atoms with E-state index in [4.69, 9.17) is 0 Å². The van der Waals surface area contributed by atoms with Crippen LogP contribution in [-0.2, 0) is 6.42 Å². The number of nitrogens with one attached hydrogen (secondary N) is 1. The van der Waals surface area contributed by atoms with Crippen molar-refractivity contribution in [3.05, 3.63) is 65.7 Å². The summed E-state index contributed by atoms with van der Waals surface area (Å²) in [4.78, 5) is 13.9. The molecule has 0 atom stereocenters. The lowest BCUT2D eigenvalue weighted by Crippen LogP contribution is -2.24. The molecule has 0 heterocycles. The summed E-state index contributed by atoms with van der Waals surface area (Å²) in [6.45, 7) is 0.698. The number of rotatable bonds is 6. The number of carbonyl (C=O) groups is 1. The number of aryl methyl sites for hydroxylation is 1. The van der Waals surface area contributed by atoms with Gasteiger partial charge in [-0.2, -0.15) is 0 Å². The minimum atomic E-state index is -0.00134. The topological polar surface area (TPSA) is 32.3 Å². The van der Waals surface area contributed by atoms with Gasteiger partial charge < -0.3 is 10.2 Å². The fourth-order valence-electron chi connectivity index (χ4n) is 2.15. The molecule has 0 saturated carbocycles. The highest BCUT2D eigenvalue weighted by molar-refractivity contribution is 5.94. The van der Waals surface area contributed by atoms with Crippen molar-refractivity contribution in [1.82, 2.24) is 5.32 Å². The summed E-state index contributed by atoms with van der Waals surface area (Å²) in [6.07, 6.45) is 1.92. The van der Waals surface area contributed by atoms with Gasteiger partial charge in [0.25, 0.3) is 5.91 Å². The molecule has 2 aromatic rings. The Morgan fingerprint density at radius 3 is 2.29 bits per heavy atom. The van der Waals surface area contributed by atoms with E-state index in [1.165, 1.54) is 11.3 Å². The summed E-state index contributed by atoms with van der Waals surface area (Å²) in [5.74, 6) is -0.00134. The van der Waals surface area contributed by atoms with Crippen LogP contribution in [0.1, 0.15) is 22.3 Å². The van der Waals surface area contributed by atoms with Crippen LogP contribution in [0, 0.1) is 0 Å². The number of nitrogens with zero attached hydrogens (tertiary/aromatic N) is 1. The first-order valence-corrected chi connectivity index (χ1v) is 7.26. The molecule has 0 fully saturated rings. The standard InChI is InChI=1S/C18H22N2O/c1-20(2)17-12-10-15(11-13-17)7-6-14-19-18(21)16-8-4-3-5-9-16/h3-5,8-13H,6-7,14H2,1-2H3,(H,19,21). The molecule has 0 spiro atoms. The second kappa shape index (κ2) is 7.48. The molecule has 0 saturated heterocycles. The third-order valence-corrected chi connectivity index (χ3v) is 3.42. The number of amides is 1. The minimum Gasteiger partial charge on any atom is -0.378 e. The molecule has 0 unspecified atom stereocenters. The summed E-state index contributed by atoms with van der Waals surface area (Å²) in [5.41, 5.74) is 3.22. The number of anilines is 1. The van der Waals surface area contributed by atoms with Crippen LogP contribution in [0.5, 0.6) is 0 Å². The first-order chi connectivity index (χ1) is 10.2. The van der Waals surface area contributed by atoms with Gasteiger partial charge in [-0.1, -0.05) is 30.3 Å². The first kappa shape index (κ1) is 15.1. The third kappa shape index (κ3) is 4.63. The number of benzene rings is 2. The largest absolute Gasteiger partial charge is 0.378 e. The van der Waals surface area contributed by atoms with Crippen LogP contribution in [0.3, 0.4) is 0 Å². The Balaban J connectivity index is 1.73. The Bertz CT molecular complexity index is 562. The fourth-order valence-corrected chi connectivity index (χ4v) is 2.15. The van der Waals surface area contributed by atoms with Gasteiger partial charge in [0.2, 0.25) is 0 Å². The van der Waals surface area contributed by atoms with E-state index in [1.807, 2.05) is 44.4 Å². The SMILES string of the molecule is CN(C)c1ccc(CCCNC(=O)c2ccccc2)cc1. The number of hydrogen-bond acceptors (Lipinski definition) is 2. The van der Waals surface area contributed by atoms with E-state index in [-0.39, 0.29) is 5.91 Å². The first-order valence-electron chi connectivity index (χ1n) is 7.26. The highest BCUT2D eigenvalue weighted by Crippen LogP contribution is 2.13. The predicted octanol–water partition coefficient (Wildman–Crippen LogP) is 3.12. The molecule has 2 rings (SSSR count). The molecule has 3 nitrogen and oxygen atoms in total. The summed E-state index contributed by atoms with van der Waals surface area (Å²) in [5, 5.41) is 2.95. The molecule has 0 radical (unpaired) electrons. The van der Waals surface area contributed by atoms with Crippen molar-refractivity contribution >= 4 is 11.6 Å². The zero-order valence-corrected chi connectivity index (χ0v) is 12.7. The molecule has 0 aliphatic carbocycles. The molecule has 0 aliphatic heterocycles. The van der Waals surface area contributed by atoms with E-state index in [9.17, 15) is 4.79 Å². The Kier molecular flexibility index (Phi) is 5.38. The van der Waals surface area contributed by atoms with Crippen LogP contribution in [0.4, 0.5) is 5.69 Å². The van der Waals surface area contributed by atoms with Gasteiger partial charge in [-0.3, -0.25) is 4.79 Å². The smallest absolute Gasteiger partial charge is 0.251 e. The van der Waals surface area contributed by atoms with Gasteiger partial charge in [0, 0.05) is 31.9 Å². The third-order valence-electron chi connectivity index (χ3n) is 3.42. The average molecular weight is 282 g/mol. The van der Waals surface area contributed by atoms with E-state index < -0.39 is 0 Å². The van der Waals surface area contributed by atoms with Crippen molar-refractivity contribution in [2.24, 2.45) is 0 Å². The maximum Gasteiger partial charge on any atom is 0.251 e. The zero-order chi connectivity index (χ0) is 15.1. The molecule has 21 heavy (non-hydrogen) atoms. The van der Waals surface area contributed by atoms with Crippen LogP contribution >= 0.6 is 0 Å². The van der Waals surface area contributed by atoms with Gasteiger partial charge in [-0.05, 0) is 42.7 Å². The molecule has 1 N–H and O–H groups in total. The van der Waals surface area contributed by atoms with E-state index in [2.05, 4.69) is 34.5 Å². The maximum atomic E-state index is 11.9. The van der Waals surface area contributed by atoms with Crippen molar-refractivity contribution in [3.63, 3.8) is 0 Å². The van der Waals surface area contributed by atoms with Crippen molar-refractivity contribution in [2.45, 2.75) is 12.8 Å². The summed E-state index contributed by atoms with van der Waals surface area (Å²) >= 11 is 0. The van der Waals surface area contributed by atoms with E-state index >= 15 is 0 Å². The maximum absolute atomic E-state index is 11.9. The summed E-state index contributed by atoms with van der Waals surface area (Å²) in [6, 6.07) is 17.9. The van der Waals surface area contributed by atoms with Gasteiger partial charge in [-0.15, -0.1) is 0 Å². The Labute approximate surface area is 126 Å². The van der Waals surface area contributed by atoms with Gasteiger partial charge in [0.15, 0.2) is 0 Å². The van der Waals surface area contributed by atoms with Gasteiger partial charge in [0.1, 0.15) is 0 Å². The normalized spacial score (nSPS) is 10.2. The molecule has 110 valence electrons. The van der Waals surface area contributed by atoms with E-state index in [0.717, 1.165) is 12.8 Å². The molecular formula is C18H22N2O. The van der Waals surface area contributed by atoms with Crippen LogP contribution in [0.2, 0.25) is 0 Å². The van der Waals surface area contributed by atoms with Crippen LogP contribution in [-0.4, -0.2) is 26.5 Å². The lowest BCUT2D eigenvalue weighted by atomic mass is 10.1. The molecule has 0 aromatic heterocycles. The van der Waals surface area contributed by atoms with Gasteiger partial charge >= 0.3 is 0 Å². The molecule has 0 aliphatic rings. The minimum absolute atomic E-state index is 0.00134. The summed E-state index contributed by atoms with van der Waals surface area (Å²) in [7, 11) is 4.07. The molecular weight excluding hydrogens is 260 g/mol. The molecule has 1 amide bonds. The van der Waals surface area contributed by atoms with Crippen molar-refractivity contribution in [1.29, 1.82) is 0 Å². The van der Waals surface area contributed by atoms with E-state index in [0.29, 0.717) is 12.1 Å². The lowest BCUT2D eigenvalue weighted by Gasteiger charge is -2.12. The van der Waals surface area contributed by atoms with Gasteiger partial charge in [0.05, 0.1) is 0 Å². The van der Waals surface area contributed by atoms with Crippen molar-refractivity contribution in [2.75, 3.05) is 25.5 Å². The second-order valence-electron chi connectivity index (χ2n) is 5.29. The Morgan fingerprint density at radius 1 is 1.00 bits per heavy atom. The Hall–Kier alpha value is -2.29. The Morgan fingerprint density at radius 2 is 1.67 bits per heavy atom. The molecule has 3 heteroatoms. The zero-order valence-electron chi connectivity index (χ0n) is 12.7. The van der Waals surface area contributed by atoms with Crippen LogP contribution < -0.4 is 10.2 Å². The second-order valence-corrected chi connectivity index (χ2v) is 5.29. The fraction of sp³-hybridized carbons (Fsp3) is 0.278. The van der Waals surface area contributed by atoms with Crippen LogP contribution in [0.25, 0.3) is 0 Å². The molecule has 0 bridgehead atoms. The summed E-state index contributed by atoms with van der Waals surface area (Å²) < 4.78 is 0. The van der Waals surface area contributed by atoms with Gasteiger partial charge in [-0.25, -0.2) is 0 Å². The number of hydrogen-bond donors (Lipinski definition) is 1. The van der Waals surface area contributed by atoms with Crippen molar-refractivity contribution in [3.8, 4) is 0 Å². The monoisotopic (exact) mass is 282 g/mol. The van der Waals surface area contributed by atoms with E-state index in [1.54, 1.807) is 0 Å². The average Bonchev–Trinajstić information content (AvgIpc) is 2.52. The predicted molar refractivity (Wildman–Crippen MR) is 87.9 cm³/mol. The number of carbonyl (C=O) groups excluding carboxylic acids is 1. The quantitative estimate of drug-likeness (QED) is 0.826.